The topological polar surface area (TPSA) is 122 Å². The van der Waals surface area contributed by atoms with Gasteiger partial charge in [-0.05, 0) is 31.5 Å². The highest BCUT2D eigenvalue weighted by Crippen LogP contribution is 2.34. The van der Waals surface area contributed by atoms with Crippen molar-refractivity contribution >= 4 is 45.1 Å². The molecule has 3 aromatic heterocycles. The fraction of sp³-hybridized carbons (Fsp3) is 0.179. The largest absolute Gasteiger partial charge is 0.361 e. The number of aromatic nitrogens is 4. The third kappa shape index (κ3) is 4.41. The smallest absolute Gasteiger partial charge is 0.264 e. The molecule has 38 heavy (non-hydrogen) atoms. The predicted octanol–water partition coefficient (Wildman–Crippen LogP) is 4.59. The van der Waals surface area contributed by atoms with Crippen LogP contribution in [0.5, 0.6) is 0 Å². The summed E-state index contributed by atoms with van der Waals surface area (Å²) in [6.07, 6.45) is 3.63. The quantitative estimate of drug-likeness (QED) is 0.284. The molecule has 5 aromatic rings. The van der Waals surface area contributed by atoms with E-state index in [9.17, 15) is 14.4 Å². The minimum Gasteiger partial charge on any atom is -0.361 e. The SMILES string of the molecule is CCCNC(=O)c1cccc2c(Cl)c(C(C)Nc3ncnc4[nH]ccc(=O)c34)n(-c3ccccc3)c(=O)c12. The van der Waals surface area contributed by atoms with Crippen LogP contribution < -0.4 is 21.6 Å². The van der Waals surface area contributed by atoms with E-state index in [1.807, 2.05) is 32.0 Å². The number of aromatic amines is 1. The van der Waals surface area contributed by atoms with E-state index >= 15 is 0 Å². The minimum atomic E-state index is -0.574. The lowest BCUT2D eigenvalue weighted by atomic mass is 10.0. The number of amides is 1. The molecule has 0 bridgehead atoms. The zero-order valence-electron chi connectivity index (χ0n) is 20.8. The molecule has 10 heteroatoms. The molecule has 1 amide bonds. The van der Waals surface area contributed by atoms with E-state index in [-0.39, 0.29) is 27.8 Å². The van der Waals surface area contributed by atoms with Crippen LogP contribution in [0.25, 0.3) is 27.5 Å². The van der Waals surface area contributed by atoms with Crippen molar-refractivity contribution in [1.82, 2.24) is 24.8 Å². The molecule has 0 aliphatic heterocycles. The zero-order valence-corrected chi connectivity index (χ0v) is 21.5. The van der Waals surface area contributed by atoms with E-state index in [1.54, 1.807) is 30.3 Å². The van der Waals surface area contributed by atoms with Gasteiger partial charge in [-0.2, -0.15) is 0 Å². The van der Waals surface area contributed by atoms with Gasteiger partial charge in [0.25, 0.3) is 11.5 Å². The van der Waals surface area contributed by atoms with Crippen LogP contribution in [0.3, 0.4) is 0 Å². The Morgan fingerprint density at radius 3 is 2.61 bits per heavy atom. The third-order valence-electron chi connectivity index (χ3n) is 6.29. The number of hydrogen-bond donors (Lipinski definition) is 3. The maximum atomic E-state index is 14.1. The summed E-state index contributed by atoms with van der Waals surface area (Å²) in [5, 5.41) is 7.40. The Morgan fingerprint density at radius 2 is 1.84 bits per heavy atom. The second-order valence-corrected chi connectivity index (χ2v) is 9.19. The maximum absolute atomic E-state index is 14.1. The van der Waals surface area contributed by atoms with Gasteiger partial charge in [0.15, 0.2) is 5.43 Å². The molecule has 5 rings (SSSR count). The van der Waals surface area contributed by atoms with Crippen LogP contribution in [0.4, 0.5) is 5.82 Å². The van der Waals surface area contributed by atoms with Gasteiger partial charge in [-0.15, -0.1) is 0 Å². The maximum Gasteiger partial charge on any atom is 0.264 e. The Bertz CT molecular complexity index is 1780. The Morgan fingerprint density at radius 1 is 1.05 bits per heavy atom. The number of nitrogens with zero attached hydrogens (tertiary/aromatic N) is 3. The van der Waals surface area contributed by atoms with Gasteiger partial charge in [-0.25, -0.2) is 9.97 Å². The molecule has 192 valence electrons. The Kier molecular flexibility index (Phi) is 6.93. The number of pyridine rings is 2. The standard InChI is InChI=1S/C28H25ClN6O3/c1-3-13-31-27(37)19-11-7-10-18-21(19)28(38)35(17-8-5-4-6-9-17)24(23(18)29)16(2)34-26-22-20(36)12-14-30-25(22)32-15-33-26/h4-12,14-16H,3,13H2,1-2H3,(H,31,37)(H2,30,32,33,34,36). The van der Waals surface area contributed by atoms with E-state index in [0.29, 0.717) is 45.2 Å². The first-order valence-electron chi connectivity index (χ1n) is 12.2. The van der Waals surface area contributed by atoms with E-state index in [4.69, 9.17) is 11.6 Å². The molecule has 2 aromatic carbocycles. The van der Waals surface area contributed by atoms with Gasteiger partial charge >= 0.3 is 0 Å². The first-order valence-corrected chi connectivity index (χ1v) is 12.6. The number of anilines is 1. The Balaban J connectivity index is 1.75. The first kappa shape index (κ1) is 25.2. The molecule has 1 unspecified atom stereocenters. The lowest BCUT2D eigenvalue weighted by Gasteiger charge is -2.24. The number of para-hydroxylation sites is 1. The van der Waals surface area contributed by atoms with E-state index < -0.39 is 6.04 Å². The Labute approximate surface area is 222 Å². The molecular weight excluding hydrogens is 504 g/mol. The number of hydrogen-bond acceptors (Lipinski definition) is 6. The number of carbonyl (C=O) groups is 1. The summed E-state index contributed by atoms with van der Waals surface area (Å²) in [5.74, 6) is -0.0314. The molecule has 0 aliphatic carbocycles. The number of nitrogens with one attached hydrogen (secondary N) is 3. The highest BCUT2D eigenvalue weighted by molar-refractivity contribution is 6.36. The van der Waals surface area contributed by atoms with Crippen LogP contribution in [0.15, 0.2) is 76.7 Å². The number of carbonyl (C=O) groups excluding carboxylic acids is 1. The molecule has 0 radical (unpaired) electrons. The molecule has 3 N–H and O–H groups in total. The number of halogens is 1. The summed E-state index contributed by atoms with van der Waals surface area (Å²) in [7, 11) is 0. The molecule has 0 saturated heterocycles. The summed E-state index contributed by atoms with van der Waals surface area (Å²) in [6, 6.07) is 15.0. The first-order chi connectivity index (χ1) is 18.4. The predicted molar refractivity (Wildman–Crippen MR) is 149 cm³/mol. The molecule has 0 saturated carbocycles. The van der Waals surface area contributed by atoms with Crippen molar-refractivity contribution in [2.75, 3.05) is 11.9 Å². The van der Waals surface area contributed by atoms with Crippen molar-refractivity contribution in [2.24, 2.45) is 0 Å². The molecular formula is C28H25ClN6O3. The van der Waals surface area contributed by atoms with Crippen LogP contribution in [0, 0.1) is 0 Å². The van der Waals surface area contributed by atoms with Crippen LogP contribution >= 0.6 is 11.6 Å². The number of rotatable bonds is 7. The summed E-state index contributed by atoms with van der Waals surface area (Å²) in [6.45, 7) is 4.27. The van der Waals surface area contributed by atoms with Crippen molar-refractivity contribution in [3.8, 4) is 5.69 Å². The van der Waals surface area contributed by atoms with Crippen molar-refractivity contribution in [3.63, 3.8) is 0 Å². The van der Waals surface area contributed by atoms with Gasteiger partial charge in [0.2, 0.25) is 0 Å². The second kappa shape index (κ2) is 10.5. The summed E-state index contributed by atoms with van der Waals surface area (Å²) < 4.78 is 1.51. The molecule has 9 nitrogen and oxygen atoms in total. The van der Waals surface area contributed by atoms with Crippen LogP contribution in [0.1, 0.15) is 42.4 Å². The molecule has 0 aliphatic rings. The monoisotopic (exact) mass is 528 g/mol. The molecule has 1 atom stereocenters. The van der Waals surface area contributed by atoms with Crippen molar-refractivity contribution in [1.29, 1.82) is 0 Å². The van der Waals surface area contributed by atoms with Gasteiger partial charge in [0.05, 0.1) is 27.7 Å². The highest BCUT2D eigenvalue weighted by Gasteiger charge is 2.25. The number of H-pyrrole nitrogens is 1. The van der Waals surface area contributed by atoms with Crippen LogP contribution in [-0.2, 0) is 0 Å². The fourth-order valence-electron chi connectivity index (χ4n) is 4.55. The van der Waals surface area contributed by atoms with E-state index in [2.05, 4.69) is 25.6 Å². The Hall–Kier alpha value is -4.50. The summed E-state index contributed by atoms with van der Waals surface area (Å²) in [5.41, 5.74) is 1.05. The van der Waals surface area contributed by atoms with Gasteiger partial charge in [-0.3, -0.25) is 19.0 Å². The van der Waals surface area contributed by atoms with Crippen molar-refractivity contribution in [3.05, 3.63) is 104 Å². The third-order valence-corrected chi connectivity index (χ3v) is 6.69. The average Bonchev–Trinajstić information content (AvgIpc) is 2.93. The zero-order chi connectivity index (χ0) is 26.8. The second-order valence-electron chi connectivity index (χ2n) is 8.81. The average molecular weight is 529 g/mol. The molecule has 0 spiro atoms. The van der Waals surface area contributed by atoms with Gasteiger partial charge < -0.3 is 15.6 Å². The molecule has 0 fully saturated rings. The normalized spacial score (nSPS) is 12.0. The number of fused-ring (bicyclic) bond motifs is 2. The lowest BCUT2D eigenvalue weighted by molar-refractivity contribution is 0.0955. The van der Waals surface area contributed by atoms with E-state index in [0.717, 1.165) is 6.42 Å². The fourth-order valence-corrected chi connectivity index (χ4v) is 4.96. The van der Waals surface area contributed by atoms with E-state index in [1.165, 1.54) is 23.2 Å². The lowest BCUT2D eigenvalue weighted by Crippen LogP contribution is -2.30. The molecule has 3 heterocycles. The van der Waals surface area contributed by atoms with Crippen LogP contribution in [0.2, 0.25) is 5.02 Å². The van der Waals surface area contributed by atoms with Crippen LogP contribution in [-0.4, -0.2) is 32.0 Å². The van der Waals surface area contributed by atoms with Crippen molar-refractivity contribution < 1.29 is 4.79 Å². The highest BCUT2D eigenvalue weighted by atomic mass is 35.5. The number of benzene rings is 2. The van der Waals surface area contributed by atoms with Gasteiger partial charge in [-0.1, -0.05) is 48.9 Å². The van der Waals surface area contributed by atoms with Gasteiger partial charge in [0, 0.05) is 29.9 Å². The van der Waals surface area contributed by atoms with Gasteiger partial charge in [0.1, 0.15) is 23.2 Å². The van der Waals surface area contributed by atoms with Crippen molar-refractivity contribution in [2.45, 2.75) is 26.3 Å². The summed E-state index contributed by atoms with van der Waals surface area (Å²) >= 11 is 7.03. The summed E-state index contributed by atoms with van der Waals surface area (Å²) in [4.78, 5) is 51.1. The minimum absolute atomic E-state index is 0.231.